The molecule has 0 fully saturated rings. The molecule has 2 aliphatic carbocycles. The molecule has 1 N–H and O–H groups in total. The number of hydrogen-bond acceptors (Lipinski definition) is 8. The highest BCUT2D eigenvalue weighted by molar-refractivity contribution is 6.29. The van der Waals surface area contributed by atoms with Crippen LogP contribution in [0.2, 0.25) is 0 Å². The Hall–Kier alpha value is -3.10. The van der Waals surface area contributed by atoms with Crippen LogP contribution in [0.1, 0.15) is 42.1 Å². The van der Waals surface area contributed by atoms with Gasteiger partial charge in [0.15, 0.2) is 23.1 Å². The molecule has 0 saturated heterocycles. The van der Waals surface area contributed by atoms with Gasteiger partial charge in [-0.25, -0.2) is 5.06 Å². The molecule has 0 radical (unpaired) electrons. The SMILES string of the molecule is COC1=CC2=C(CN1OC)C1=C(c3cc4c(cc3C1=O)OCO4)C(CCCC(C)O)C2=O. The number of ether oxygens (including phenoxy) is 3. The molecule has 32 heavy (non-hydrogen) atoms. The Morgan fingerprint density at radius 2 is 1.91 bits per heavy atom. The van der Waals surface area contributed by atoms with Crippen LogP contribution < -0.4 is 9.47 Å². The number of aliphatic hydroxyl groups excluding tert-OH is 1. The van der Waals surface area contributed by atoms with Crippen LogP contribution in [-0.2, 0) is 14.4 Å². The van der Waals surface area contributed by atoms with E-state index in [2.05, 4.69) is 0 Å². The molecule has 0 amide bonds. The smallest absolute Gasteiger partial charge is 0.231 e. The summed E-state index contributed by atoms with van der Waals surface area (Å²) in [5.41, 5.74) is 3.66. The van der Waals surface area contributed by atoms with Crippen molar-refractivity contribution in [3.05, 3.63) is 51.9 Å². The Kier molecular flexibility index (Phi) is 5.06. The molecule has 0 spiro atoms. The van der Waals surface area contributed by atoms with Crippen LogP contribution >= 0.6 is 0 Å². The first-order valence-corrected chi connectivity index (χ1v) is 10.7. The zero-order valence-electron chi connectivity index (χ0n) is 18.3. The van der Waals surface area contributed by atoms with Crippen LogP contribution in [0.3, 0.4) is 0 Å². The Balaban J connectivity index is 1.66. The first kappa shape index (κ1) is 20.8. The summed E-state index contributed by atoms with van der Waals surface area (Å²) >= 11 is 0. The van der Waals surface area contributed by atoms with Crippen molar-refractivity contribution in [2.24, 2.45) is 5.92 Å². The second-order valence-electron chi connectivity index (χ2n) is 8.36. The number of ketones is 2. The van der Waals surface area contributed by atoms with Gasteiger partial charge in [-0.15, -0.1) is 0 Å². The molecule has 8 heteroatoms. The second-order valence-corrected chi connectivity index (χ2v) is 8.36. The summed E-state index contributed by atoms with van der Waals surface area (Å²) in [6.07, 6.45) is 2.97. The van der Waals surface area contributed by atoms with Crippen molar-refractivity contribution in [3.8, 4) is 11.5 Å². The average molecular weight is 439 g/mol. The number of Topliss-reactive ketones (excluding diaryl/α,β-unsaturated/α-hetero) is 2. The van der Waals surface area contributed by atoms with Crippen LogP contribution in [-0.4, -0.2) is 55.4 Å². The van der Waals surface area contributed by atoms with E-state index in [0.717, 1.165) is 11.1 Å². The van der Waals surface area contributed by atoms with E-state index in [1.807, 2.05) is 6.07 Å². The van der Waals surface area contributed by atoms with Crippen molar-refractivity contribution in [2.45, 2.75) is 32.3 Å². The maximum Gasteiger partial charge on any atom is 0.231 e. The Morgan fingerprint density at radius 1 is 1.19 bits per heavy atom. The van der Waals surface area contributed by atoms with Gasteiger partial charge in [0.25, 0.3) is 0 Å². The normalized spacial score (nSPS) is 22.1. The lowest BCUT2D eigenvalue weighted by molar-refractivity contribution is -0.132. The molecule has 5 rings (SSSR count). The average Bonchev–Trinajstić information content (AvgIpc) is 3.35. The zero-order chi connectivity index (χ0) is 22.6. The van der Waals surface area contributed by atoms with Gasteiger partial charge >= 0.3 is 0 Å². The summed E-state index contributed by atoms with van der Waals surface area (Å²) in [5, 5.41) is 11.2. The first-order valence-electron chi connectivity index (χ1n) is 10.7. The fraction of sp³-hybridized carbons (Fsp3) is 0.417. The molecule has 1 aromatic rings. The van der Waals surface area contributed by atoms with Crippen LogP contribution in [0.25, 0.3) is 5.57 Å². The van der Waals surface area contributed by atoms with E-state index >= 15 is 0 Å². The van der Waals surface area contributed by atoms with Gasteiger partial charge in [-0.3, -0.25) is 14.4 Å². The number of carbonyl (C=O) groups is 2. The lowest BCUT2D eigenvalue weighted by Gasteiger charge is -2.34. The standard InChI is InChI=1S/C24H25NO7/c1-12(26)5-4-6-13-21-14-7-18-19(32-11-31-18)8-15(14)24(28)22(21)17-10-25(30-3)20(29-2)9-16(17)23(13)27/h7-9,12-13,26H,4-6,10-11H2,1-3H3. The summed E-state index contributed by atoms with van der Waals surface area (Å²) < 4.78 is 16.4. The lowest BCUT2D eigenvalue weighted by Crippen LogP contribution is -2.35. The third kappa shape index (κ3) is 3.05. The number of nitrogens with zero attached hydrogens (tertiary/aromatic N) is 1. The number of benzene rings is 1. The fourth-order valence-electron chi connectivity index (χ4n) is 4.96. The van der Waals surface area contributed by atoms with Gasteiger partial charge in [0.05, 0.1) is 26.9 Å². The van der Waals surface area contributed by atoms with E-state index < -0.39 is 12.0 Å². The molecule has 1 aromatic carbocycles. The number of allylic oxidation sites excluding steroid dienone is 3. The van der Waals surface area contributed by atoms with Gasteiger partial charge in [-0.2, -0.15) is 0 Å². The van der Waals surface area contributed by atoms with E-state index in [9.17, 15) is 14.7 Å². The predicted octanol–water partition coefficient (Wildman–Crippen LogP) is 2.78. The van der Waals surface area contributed by atoms with Crippen LogP contribution in [0.15, 0.2) is 40.8 Å². The predicted molar refractivity (Wildman–Crippen MR) is 114 cm³/mol. The van der Waals surface area contributed by atoms with Gasteiger partial charge in [0.2, 0.25) is 12.7 Å². The van der Waals surface area contributed by atoms with E-state index in [1.165, 1.54) is 19.3 Å². The molecule has 0 bridgehead atoms. The van der Waals surface area contributed by atoms with Gasteiger partial charge in [-0.05, 0) is 55.0 Å². The van der Waals surface area contributed by atoms with Gasteiger partial charge < -0.3 is 19.3 Å². The summed E-state index contributed by atoms with van der Waals surface area (Å²) in [6, 6.07) is 3.52. The Labute approximate surface area is 185 Å². The molecule has 0 aromatic heterocycles. The molecule has 4 aliphatic rings. The number of carbonyl (C=O) groups excluding carboxylic acids is 2. The molecule has 8 nitrogen and oxygen atoms in total. The topological polar surface area (TPSA) is 94.5 Å². The van der Waals surface area contributed by atoms with E-state index in [4.69, 9.17) is 19.0 Å². The van der Waals surface area contributed by atoms with E-state index in [-0.39, 0.29) is 24.9 Å². The molecule has 2 aliphatic heterocycles. The summed E-state index contributed by atoms with van der Waals surface area (Å²) in [4.78, 5) is 32.7. The lowest BCUT2D eigenvalue weighted by atomic mass is 9.74. The molecule has 2 atom stereocenters. The second kappa shape index (κ2) is 7.79. The number of hydrogen-bond donors (Lipinski definition) is 1. The summed E-state index contributed by atoms with van der Waals surface area (Å²) in [5.74, 6) is 0.856. The highest BCUT2D eigenvalue weighted by Gasteiger charge is 2.46. The number of fused-ring (bicyclic) bond motifs is 4. The highest BCUT2D eigenvalue weighted by atomic mass is 16.7. The number of aliphatic hydroxyl groups is 1. The van der Waals surface area contributed by atoms with Crippen molar-refractivity contribution < 1.29 is 33.7 Å². The van der Waals surface area contributed by atoms with Gasteiger partial charge in [-0.1, -0.05) is 0 Å². The number of methoxy groups -OCH3 is 1. The Bertz CT molecular complexity index is 1110. The summed E-state index contributed by atoms with van der Waals surface area (Å²) in [7, 11) is 3.03. The fourth-order valence-corrected chi connectivity index (χ4v) is 4.96. The minimum absolute atomic E-state index is 0.0482. The third-order valence-electron chi connectivity index (χ3n) is 6.46. The molecule has 0 saturated carbocycles. The quantitative estimate of drug-likeness (QED) is 0.723. The molecular weight excluding hydrogens is 414 g/mol. The molecular formula is C24H25NO7. The van der Waals surface area contributed by atoms with Crippen molar-refractivity contribution in [1.29, 1.82) is 0 Å². The maximum atomic E-state index is 13.7. The monoisotopic (exact) mass is 439 g/mol. The van der Waals surface area contributed by atoms with Crippen molar-refractivity contribution in [1.82, 2.24) is 5.06 Å². The molecule has 2 unspecified atom stereocenters. The minimum atomic E-state index is -0.489. The molecule has 168 valence electrons. The zero-order valence-corrected chi connectivity index (χ0v) is 18.3. The largest absolute Gasteiger partial charge is 0.481 e. The minimum Gasteiger partial charge on any atom is -0.481 e. The van der Waals surface area contributed by atoms with E-state index in [1.54, 1.807) is 19.1 Å². The Morgan fingerprint density at radius 3 is 2.56 bits per heavy atom. The van der Waals surface area contributed by atoms with Crippen molar-refractivity contribution in [2.75, 3.05) is 27.6 Å². The van der Waals surface area contributed by atoms with Crippen molar-refractivity contribution >= 4 is 17.1 Å². The van der Waals surface area contributed by atoms with Crippen LogP contribution in [0.5, 0.6) is 11.5 Å². The summed E-state index contributed by atoms with van der Waals surface area (Å²) in [6.45, 7) is 2.07. The van der Waals surface area contributed by atoms with E-state index in [0.29, 0.717) is 58.9 Å². The number of hydroxylamine groups is 2. The van der Waals surface area contributed by atoms with Crippen molar-refractivity contribution in [3.63, 3.8) is 0 Å². The molecule has 2 heterocycles. The van der Waals surface area contributed by atoms with Crippen LogP contribution in [0.4, 0.5) is 0 Å². The number of rotatable bonds is 6. The highest BCUT2D eigenvalue weighted by Crippen LogP contribution is 2.51. The first-order chi connectivity index (χ1) is 15.4. The maximum absolute atomic E-state index is 13.7. The van der Waals surface area contributed by atoms with Crippen LogP contribution in [0, 0.1) is 5.92 Å². The van der Waals surface area contributed by atoms with Gasteiger partial charge in [0.1, 0.15) is 0 Å². The van der Waals surface area contributed by atoms with Gasteiger partial charge in [0, 0.05) is 28.7 Å². The third-order valence-corrected chi connectivity index (χ3v) is 6.46.